The summed E-state index contributed by atoms with van der Waals surface area (Å²) in [6, 6.07) is 3.39. The number of alkyl halides is 3. The van der Waals surface area contributed by atoms with Gasteiger partial charge in [-0.2, -0.15) is 13.2 Å². The highest BCUT2D eigenvalue weighted by molar-refractivity contribution is 7.09. The molecule has 2 amide bonds. The number of urea groups is 1. The van der Waals surface area contributed by atoms with Crippen LogP contribution in [0, 0.1) is 0 Å². The maximum absolute atomic E-state index is 12.5. The zero-order valence-electron chi connectivity index (χ0n) is 10.7. The van der Waals surface area contributed by atoms with Gasteiger partial charge in [-0.3, -0.25) is 0 Å². The lowest BCUT2D eigenvalue weighted by atomic mass is 10.2. The standard InChI is InChI=1S/C12H15F3N2O2S/c13-12(14,15)10-8-17(5-6-19-10)11(18)16-4-3-9-2-1-7-20-9/h1-2,7,10H,3-6,8H2,(H,16,18)/t10-/m1/s1. The molecule has 0 aliphatic carbocycles. The molecule has 0 spiro atoms. The Morgan fingerprint density at radius 3 is 3.00 bits per heavy atom. The minimum absolute atomic E-state index is 0.0947. The number of amides is 2. The number of nitrogens with zero attached hydrogens (tertiary/aromatic N) is 1. The molecule has 2 heterocycles. The number of halogens is 3. The molecule has 4 nitrogen and oxygen atoms in total. The van der Waals surface area contributed by atoms with Gasteiger partial charge in [0.25, 0.3) is 0 Å². The van der Waals surface area contributed by atoms with Crippen molar-refractivity contribution < 1.29 is 22.7 Å². The van der Waals surface area contributed by atoms with Crippen LogP contribution in [0.3, 0.4) is 0 Å². The summed E-state index contributed by atoms with van der Waals surface area (Å²) >= 11 is 1.58. The van der Waals surface area contributed by atoms with Crippen LogP contribution < -0.4 is 5.32 Å². The first kappa shape index (κ1) is 15.1. The summed E-state index contributed by atoms with van der Waals surface area (Å²) in [6.07, 6.45) is -5.65. The van der Waals surface area contributed by atoms with E-state index in [4.69, 9.17) is 0 Å². The summed E-state index contributed by atoms with van der Waals surface area (Å²) in [7, 11) is 0. The van der Waals surface area contributed by atoms with Crippen LogP contribution in [0.5, 0.6) is 0 Å². The van der Waals surface area contributed by atoms with Crippen molar-refractivity contribution in [2.24, 2.45) is 0 Å². The van der Waals surface area contributed by atoms with Crippen molar-refractivity contribution in [1.82, 2.24) is 10.2 Å². The van der Waals surface area contributed by atoms with Gasteiger partial charge in [0.15, 0.2) is 6.10 Å². The summed E-state index contributed by atoms with van der Waals surface area (Å²) in [4.78, 5) is 14.1. The molecule has 0 aromatic carbocycles. The van der Waals surface area contributed by atoms with Crippen molar-refractivity contribution >= 4 is 17.4 Å². The van der Waals surface area contributed by atoms with Gasteiger partial charge < -0.3 is 15.0 Å². The number of carbonyl (C=O) groups excluding carboxylic acids is 1. The van der Waals surface area contributed by atoms with Crippen LogP contribution in [-0.4, -0.2) is 49.5 Å². The lowest BCUT2D eigenvalue weighted by Crippen LogP contribution is -2.53. The molecule has 112 valence electrons. The first-order valence-corrected chi connectivity index (χ1v) is 7.08. The van der Waals surface area contributed by atoms with Crippen LogP contribution >= 0.6 is 11.3 Å². The van der Waals surface area contributed by atoms with E-state index in [1.165, 1.54) is 0 Å². The van der Waals surface area contributed by atoms with Gasteiger partial charge in [0.2, 0.25) is 0 Å². The largest absolute Gasteiger partial charge is 0.416 e. The average Bonchev–Trinajstić information content (AvgIpc) is 2.91. The summed E-state index contributed by atoms with van der Waals surface area (Å²) < 4.78 is 42.2. The molecule has 1 fully saturated rings. The van der Waals surface area contributed by atoms with Gasteiger partial charge in [0.1, 0.15) is 0 Å². The highest BCUT2D eigenvalue weighted by Gasteiger charge is 2.44. The number of carbonyl (C=O) groups is 1. The van der Waals surface area contributed by atoms with E-state index in [1.807, 2.05) is 17.5 Å². The molecule has 20 heavy (non-hydrogen) atoms. The number of nitrogens with one attached hydrogen (secondary N) is 1. The second kappa shape index (κ2) is 6.45. The Labute approximate surface area is 118 Å². The van der Waals surface area contributed by atoms with E-state index >= 15 is 0 Å². The third-order valence-electron chi connectivity index (χ3n) is 2.95. The van der Waals surface area contributed by atoms with E-state index in [0.29, 0.717) is 13.0 Å². The molecule has 1 aromatic rings. The minimum atomic E-state index is -4.43. The Morgan fingerprint density at radius 1 is 1.55 bits per heavy atom. The molecule has 1 aliphatic heterocycles. The summed E-state index contributed by atoms with van der Waals surface area (Å²) in [5.74, 6) is 0. The first-order valence-electron chi connectivity index (χ1n) is 6.20. The highest BCUT2D eigenvalue weighted by atomic mass is 32.1. The Hall–Kier alpha value is -1.28. The second-order valence-corrected chi connectivity index (χ2v) is 5.44. The van der Waals surface area contributed by atoms with Gasteiger partial charge >= 0.3 is 12.2 Å². The van der Waals surface area contributed by atoms with Gasteiger partial charge in [-0.1, -0.05) is 6.07 Å². The zero-order chi connectivity index (χ0) is 14.6. The van der Waals surface area contributed by atoms with Crippen LogP contribution in [-0.2, 0) is 11.2 Å². The van der Waals surface area contributed by atoms with Crippen molar-refractivity contribution in [1.29, 1.82) is 0 Å². The predicted molar refractivity (Wildman–Crippen MR) is 68.8 cm³/mol. The smallest absolute Gasteiger partial charge is 0.365 e. The van der Waals surface area contributed by atoms with E-state index in [1.54, 1.807) is 11.3 Å². The number of rotatable bonds is 3. The predicted octanol–water partition coefficient (Wildman–Crippen LogP) is 2.26. The summed E-state index contributed by atoms with van der Waals surface area (Å²) in [5.41, 5.74) is 0. The Bertz CT molecular complexity index is 436. The van der Waals surface area contributed by atoms with Crippen molar-refractivity contribution in [2.45, 2.75) is 18.7 Å². The van der Waals surface area contributed by atoms with Gasteiger partial charge in [-0.25, -0.2) is 4.79 Å². The fraction of sp³-hybridized carbons (Fsp3) is 0.583. The zero-order valence-corrected chi connectivity index (χ0v) is 11.5. The fourth-order valence-electron chi connectivity index (χ4n) is 1.89. The molecule has 0 bridgehead atoms. The first-order chi connectivity index (χ1) is 9.47. The molecule has 0 saturated carbocycles. The number of thiophene rings is 1. The normalized spacial score (nSPS) is 19.9. The molecule has 1 saturated heterocycles. The van der Waals surface area contributed by atoms with Gasteiger partial charge in [0, 0.05) is 18.0 Å². The van der Waals surface area contributed by atoms with E-state index in [-0.39, 0.29) is 13.2 Å². The monoisotopic (exact) mass is 308 g/mol. The second-order valence-electron chi connectivity index (χ2n) is 4.41. The molecule has 1 aromatic heterocycles. The Balaban J connectivity index is 1.77. The minimum Gasteiger partial charge on any atom is -0.365 e. The van der Waals surface area contributed by atoms with Crippen LogP contribution in [0.2, 0.25) is 0 Å². The lowest BCUT2D eigenvalue weighted by Gasteiger charge is -2.33. The lowest BCUT2D eigenvalue weighted by molar-refractivity contribution is -0.233. The number of ether oxygens (including phenoxy) is 1. The van der Waals surface area contributed by atoms with E-state index < -0.39 is 24.9 Å². The highest BCUT2D eigenvalue weighted by Crippen LogP contribution is 2.25. The summed E-state index contributed by atoms with van der Waals surface area (Å²) in [6.45, 7) is 0.0433. The number of hydrogen-bond donors (Lipinski definition) is 1. The molecule has 2 rings (SSSR count). The van der Waals surface area contributed by atoms with Gasteiger partial charge in [-0.15, -0.1) is 11.3 Å². The van der Waals surface area contributed by atoms with Crippen molar-refractivity contribution in [2.75, 3.05) is 26.2 Å². The molecule has 0 unspecified atom stereocenters. The molecule has 1 N–H and O–H groups in total. The third kappa shape index (κ3) is 4.11. The van der Waals surface area contributed by atoms with Crippen LogP contribution in [0.15, 0.2) is 17.5 Å². The van der Waals surface area contributed by atoms with Crippen LogP contribution in [0.1, 0.15) is 4.88 Å². The van der Waals surface area contributed by atoms with Crippen LogP contribution in [0.4, 0.5) is 18.0 Å². The Kier molecular flexibility index (Phi) is 4.87. The maximum atomic E-state index is 12.5. The average molecular weight is 308 g/mol. The van der Waals surface area contributed by atoms with Gasteiger partial charge in [-0.05, 0) is 17.9 Å². The maximum Gasteiger partial charge on any atom is 0.416 e. The molecular weight excluding hydrogens is 293 g/mol. The number of hydrogen-bond acceptors (Lipinski definition) is 3. The SMILES string of the molecule is O=C(NCCc1cccs1)N1CCO[C@@H](C(F)(F)F)C1. The van der Waals surface area contributed by atoms with Crippen molar-refractivity contribution in [3.8, 4) is 0 Å². The van der Waals surface area contributed by atoms with Gasteiger partial charge in [0.05, 0.1) is 13.2 Å². The topological polar surface area (TPSA) is 41.6 Å². The van der Waals surface area contributed by atoms with E-state index in [2.05, 4.69) is 10.1 Å². The number of morpholine rings is 1. The third-order valence-corrected chi connectivity index (χ3v) is 3.88. The molecule has 8 heteroatoms. The summed E-state index contributed by atoms with van der Waals surface area (Å²) in [5, 5.41) is 4.57. The van der Waals surface area contributed by atoms with E-state index in [9.17, 15) is 18.0 Å². The molecular formula is C12H15F3N2O2S. The molecule has 0 radical (unpaired) electrons. The van der Waals surface area contributed by atoms with Crippen molar-refractivity contribution in [3.05, 3.63) is 22.4 Å². The van der Waals surface area contributed by atoms with E-state index in [0.717, 1.165) is 9.78 Å². The van der Waals surface area contributed by atoms with Crippen LogP contribution in [0.25, 0.3) is 0 Å². The molecule has 1 atom stereocenters. The molecule has 1 aliphatic rings. The Morgan fingerprint density at radius 2 is 2.35 bits per heavy atom. The quantitative estimate of drug-likeness (QED) is 0.930. The van der Waals surface area contributed by atoms with Crippen molar-refractivity contribution in [3.63, 3.8) is 0 Å². The fourth-order valence-corrected chi connectivity index (χ4v) is 2.60.